The first-order chi connectivity index (χ1) is 9.23. The van der Waals surface area contributed by atoms with Gasteiger partial charge < -0.3 is 10.1 Å². The second kappa shape index (κ2) is 5.24. The Labute approximate surface area is 120 Å². The van der Waals surface area contributed by atoms with E-state index in [9.17, 15) is 0 Å². The van der Waals surface area contributed by atoms with Crippen LogP contribution in [-0.4, -0.2) is 13.2 Å². The Kier molecular flexibility index (Phi) is 3.62. The fraction of sp³-hybridized carbons (Fsp3) is 0.625. The van der Waals surface area contributed by atoms with Crippen LogP contribution in [0.15, 0.2) is 18.2 Å². The van der Waals surface area contributed by atoms with Gasteiger partial charge in [-0.1, -0.05) is 30.9 Å². The zero-order chi connectivity index (χ0) is 13.3. The highest BCUT2D eigenvalue weighted by Crippen LogP contribution is 2.53. The number of benzene rings is 1. The third-order valence-electron chi connectivity index (χ3n) is 5.01. The van der Waals surface area contributed by atoms with Crippen LogP contribution in [0.2, 0.25) is 5.02 Å². The first-order valence-electron chi connectivity index (χ1n) is 7.34. The molecule has 2 aliphatic rings. The van der Waals surface area contributed by atoms with Gasteiger partial charge >= 0.3 is 0 Å². The molecule has 2 fully saturated rings. The SMILES string of the molecule is COc1ccc(Cl)cc1NC1CCC12CCCCC2. The van der Waals surface area contributed by atoms with E-state index in [4.69, 9.17) is 16.3 Å². The predicted molar refractivity (Wildman–Crippen MR) is 80.2 cm³/mol. The van der Waals surface area contributed by atoms with E-state index in [1.807, 2.05) is 18.2 Å². The van der Waals surface area contributed by atoms with Crippen molar-refractivity contribution in [3.05, 3.63) is 23.2 Å². The van der Waals surface area contributed by atoms with Crippen LogP contribution < -0.4 is 10.1 Å². The van der Waals surface area contributed by atoms with Gasteiger partial charge in [0.25, 0.3) is 0 Å². The maximum Gasteiger partial charge on any atom is 0.142 e. The Hall–Kier alpha value is -0.890. The van der Waals surface area contributed by atoms with Crippen molar-refractivity contribution in [2.75, 3.05) is 12.4 Å². The zero-order valence-electron chi connectivity index (χ0n) is 11.5. The van der Waals surface area contributed by atoms with Crippen molar-refractivity contribution in [1.29, 1.82) is 0 Å². The molecule has 0 saturated heterocycles. The van der Waals surface area contributed by atoms with Crippen molar-refractivity contribution < 1.29 is 4.74 Å². The van der Waals surface area contributed by atoms with Gasteiger partial charge in [0.2, 0.25) is 0 Å². The Balaban J connectivity index is 1.76. The summed E-state index contributed by atoms with van der Waals surface area (Å²) in [5, 5.41) is 4.45. The standard InChI is InChI=1S/C16H22ClNO/c1-19-14-6-5-12(17)11-13(14)18-15-7-10-16(15)8-3-2-4-9-16/h5-6,11,15,18H,2-4,7-10H2,1H3. The summed E-state index contributed by atoms with van der Waals surface area (Å²) in [6.45, 7) is 0. The van der Waals surface area contributed by atoms with E-state index in [1.54, 1.807) is 7.11 Å². The molecule has 1 aromatic carbocycles. The minimum Gasteiger partial charge on any atom is -0.495 e. The van der Waals surface area contributed by atoms with E-state index in [-0.39, 0.29) is 0 Å². The summed E-state index contributed by atoms with van der Waals surface area (Å²) in [7, 11) is 1.71. The molecule has 2 nitrogen and oxygen atoms in total. The maximum atomic E-state index is 6.10. The van der Waals surface area contributed by atoms with E-state index in [0.717, 1.165) is 16.5 Å². The third kappa shape index (κ3) is 2.43. The van der Waals surface area contributed by atoms with E-state index >= 15 is 0 Å². The second-order valence-electron chi connectivity index (χ2n) is 6.00. The van der Waals surface area contributed by atoms with Gasteiger partial charge in [-0.15, -0.1) is 0 Å². The van der Waals surface area contributed by atoms with E-state index in [0.29, 0.717) is 11.5 Å². The summed E-state index contributed by atoms with van der Waals surface area (Å²) in [5.41, 5.74) is 1.59. The number of ether oxygens (including phenoxy) is 1. The minimum absolute atomic E-state index is 0.547. The van der Waals surface area contributed by atoms with Gasteiger partial charge in [0.05, 0.1) is 12.8 Å². The van der Waals surface area contributed by atoms with Crippen molar-refractivity contribution in [2.45, 2.75) is 51.0 Å². The molecule has 2 saturated carbocycles. The number of rotatable bonds is 3. The molecule has 0 heterocycles. The molecule has 0 aromatic heterocycles. The number of halogens is 1. The molecule has 104 valence electrons. The summed E-state index contributed by atoms with van der Waals surface area (Å²) in [6, 6.07) is 6.40. The van der Waals surface area contributed by atoms with Crippen LogP contribution in [0.25, 0.3) is 0 Å². The van der Waals surface area contributed by atoms with Crippen molar-refractivity contribution in [3.8, 4) is 5.75 Å². The molecule has 0 radical (unpaired) electrons. The first kappa shape index (κ1) is 13.1. The quantitative estimate of drug-likeness (QED) is 0.852. The smallest absolute Gasteiger partial charge is 0.142 e. The van der Waals surface area contributed by atoms with Gasteiger partial charge in [-0.25, -0.2) is 0 Å². The molecular formula is C16H22ClNO. The minimum atomic E-state index is 0.547. The van der Waals surface area contributed by atoms with Crippen LogP contribution in [-0.2, 0) is 0 Å². The van der Waals surface area contributed by atoms with Gasteiger partial charge in [0.1, 0.15) is 5.75 Å². The van der Waals surface area contributed by atoms with Crippen molar-refractivity contribution in [1.82, 2.24) is 0 Å². The van der Waals surface area contributed by atoms with Crippen LogP contribution in [0.1, 0.15) is 44.9 Å². The molecule has 1 N–H and O–H groups in total. The van der Waals surface area contributed by atoms with Gasteiger partial charge in [0, 0.05) is 11.1 Å². The van der Waals surface area contributed by atoms with E-state index in [1.165, 1.54) is 44.9 Å². The Morgan fingerprint density at radius 1 is 1.21 bits per heavy atom. The number of anilines is 1. The molecule has 1 unspecified atom stereocenters. The molecule has 0 bridgehead atoms. The second-order valence-corrected chi connectivity index (χ2v) is 6.44. The summed E-state index contributed by atoms with van der Waals surface area (Å²) in [5.74, 6) is 0.891. The molecule has 2 aliphatic carbocycles. The summed E-state index contributed by atoms with van der Waals surface area (Å²) in [4.78, 5) is 0. The highest BCUT2D eigenvalue weighted by molar-refractivity contribution is 6.30. The average molecular weight is 280 g/mol. The average Bonchev–Trinajstić information content (AvgIpc) is 2.45. The largest absolute Gasteiger partial charge is 0.495 e. The van der Waals surface area contributed by atoms with Gasteiger partial charge in [-0.3, -0.25) is 0 Å². The zero-order valence-corrected chi connectivity index (χ0v) is 12.3. The first-order valence-corrected chi connectivity index (χ1v) is 7.71. The predicted octanol–water partition coefficient (Wildman–Crippen LogP) is 4.87. The summed E-state index contributed by atoms with van der Waals surface area (Å²) in [6.07, 6.45) is 9.62. The van der Waals surface area contributed by atoms with E-state index in [2.05, 4.69) is 5.32 Å². The molecule has 1 atom stereocenters. The topological polar surface area (TPSA) is 21.3 Å². The highest BCUT2D eigenvalue weighted by atomic mass is 35.5. The van der Waals surface area contributed by atoms with E-state index < -0.39 is 0 Å². The fourth-order valence-electron chi connectivity index (χ4n) is 3.76. The van der Waals surface area contributed by atoms with Crippen LogP contribution in [0.5, 0.6) is 5.75 Å². The fourth-order valence-corrected chi connectivity index (χ4v) is 3.93. The maximum absolute atomic E-state index is 6.10. The lowest BCUT2D eigenvalue weighted by Crippen LogP contribution is -2.50. The lowest BCUT2D eigenvalue weighted by molar-refractivity contribution is 0.0570. The van der Waals surface area contributed by atoms with Crippen molar-refractivity contribution >= 4 is 17.3 Å². The summed E-state index contributed by atoms with van der Waals surface area (Å²) >= 11 is 6.10. The van der Waals surface area contributed by atoms with Crippen molar-refractivity contribution in [2.24, 2.45) is 5.41 Å². The van der Waals surface area contributed by atoms with Crippen LogP contribution in [0.4, 0.5) is 5.69 Å². The van der Waals surface area contributed by atoms with Crippen LogP contribution in [0.3, 0.4) is 0 Å². The van der Waals surface area contributed by atoms with Gasteiger partial charge in [-0.2, -0.15) is 0 Å². The lowest BCUT2D eigenvalue weighted by atomic mass is 9.57. The number of methoxy groups -OCH3 is 1. The molecule has 0 amide bonds. The number of nitrogens with one attached hydrogen (secondary N) is 1. The molecule has 19 heavy (non-hydrogen) atoms. The summed E-state index contributed by atoms with van der Waals surface area (Å²) < 4.78 is 5.42. The number of hydrogen-bond donors (Lipinski definition) is 1. The molecular weight excluding hydrogens is 258 g/mol. The molecule has 3 rings (SSSR count). The molecule has 1 spiro atoms. The highest BCUT2D eigenvalue weighted by Gasteiger charge is 2.46. The monoisotopic (exact) mass is 279 g/mol. The Morgan fingerprint density at radius 3 is 2.63 bits per heavy atom. The Morgan fingerprint density at radius 2 is 2.00 bits per heavy atom. The lowest BCUT2D eigenvalue weighted by Gasteiger charge is -2.52. The van der Waals surface area contributed by atoms with Crippen molar-refractivity contribution in [3.63, 3.8) is 0 Å². The van der Waals surface area contributed by atoms with Crippen LogP contribution >= 0.6 is 11.6 Å². The van der Waals surface area contributed by atoms with Crippen LogP contribution in [0, 0.1) is 5.41 Å². The third-order valence-corrected chi connectivity index (χ3v) is 5.25. The molecule has 0 aliphatic heterocycles. The van der Waals surface area contributed by atoms with Gasteiger partial charge in [-0.05, 0) is 49.3 Å². The van der Waals surface area contributed by atoms with Gasteiger partial charge in [0.15, 0.2) is 0 Å². The molecule has 3 heteroatoms. The normalized spacial score (nSPS) is 24.8. The molecule has 1 aromatic rings. The Bertz CT molecular complexity index is 454. The number of hydrogen-bond acceptors (Lipinski definition) is 2.